The molecule has 3 nitrogen and oxygen atoms in total. The molecular weight excluding hydrogens is 256 g/mol. The van der Waals surface area contributed by atoms with Crippen LogP contribution in [-0.2, 0) is 0 Å². The SMILES string of the molecule is CCC1CN(c2ccc(N)c(OC(C)C)c2)CCS1. The van der Waals surface area contributed by atoms with Gasteiger partial charge in [-0.05, 0) is 32.4 Å². The molecular formula is C15H24N2OS. The molecule has 0 saturated carbocycles. The van der Waals surface area contributed by atoms with Crippen molar-refractivity contribution in [2.75, 3.05) is 29.5 Å². The van der Waals surface area contributed by atoms with Crippen molar-refractivity contribution in [2.45, 2.75) is 38.5 Å². The lowest BCUT2D eigenvalue weighted by molar-refractivity contribution is 0.244. The predicted molar refractivity (Wildman–Crippen MR) is 85.4 cm³/mol. The molecule has 1 aromatic rings. The molecule has 4 heteroatoms. The summed E-state index contributed by atoms with van der Waals surface area (Å²) in [6.45, 7) is 8.53. The molecule has 2 N–H and O–H groups in total. The number of nitrogen functional groups attached to an aromatic ring is 1. The topological polar surface area (TPSA) is 38.5 Å². The summed E-state index contributed by atoms with van der Waals surface area (Å²) < 4.78 is 5.77. The largest absolute Gasteiger partial charge is 0.489 e. The van der Waals surface area contributed by atoms with Crippen LogP contribution in [0.25, 0.3) is 0 Å². The zero-order valence-corrected chi connectivity index (χ0v) is 12.9. The van der Waals surface area contributed by atoms with Crippen molar-refractivity contribution in [3.05, 3.63) is 18.2 Å². The van der Waals surface area contributed by atoms with E-state index < -0.39 is 0 Å². The molecule has 1 aliphatic heterocycles. The van der Waals surface area contributed by atoms with Gasteiger partial charge in [-0.2, -0.15) is 11.8 Å². The number of nitrogens with two attached hydrogens (primary N) is 1. The monoisotopic (exact) mass is 280 g/mol. The second kappa shape index (κ2) is 6.42. The third kappa shape index (κ3) is 3.72. The fourth-order valence-corrected chi connectivity index (χ4v) is 3.46. The van der Waals surface area contributed by atoms with Gasteiger partial charge in [0.25, 0.3) is 0 Å². The number of hydrogen-bond donors (Lipinski definition) is 1. The van der Waals surface area contributed by atoms with Gasteiger partial charge in [0, 0.05) is 35.8 Å². The Kier molecular flexibility index (Phi) is 4.86. The highest BCUT2D eigenvalue weighted by molar-refractivity contribution is 8.00. The molecule has 1 aliphatic rings. The Morgan fingerprint density at radius 2 is 2.26 bits per heavy atom. The normalized spacial score (nSPS) is 19.8. The quantitative estimate of drug-likeness (QED) is 0.858. The van der Waals surface area contributed by atoms with E-state index in [0.717, 1.165) is 29.8 Å². The summed E-state index contributed by atoms with van der Waals surface area (Å²) in [7, 11) is 0. The lowest BCUT2D eigenvalue weighted by Gasteiger charge is -2.34. The third-order valence-corrected chi connectivity index (χ3v) is 4.69. The van der Waals surface area contributed by atoms with Crippen molar-refractivity contribution in [3.63, 3.8) is 0 Å². The van der Waals surface area contributed by atoms with Gasteiger partial charge in [0.05, 0.1) is 11.8 Å². The molecule has 1 saturated heterocycles. The maximum Gasteiger partial charge on any atom is 0.144 e. The van der Waals surface area contributed by atoms with E-state index in [2.05, 4.69) is 35.7 Å². The number of nitrogens with zero attached hydrogens (tertiary/aromatic N) is 1. The highest BCUT2D eigenvalue weighted by Gasteiger charge is 2.20. The van der Waals surface area contributed by atoms with Crippen LogP contribution < -0.4 is 15.4 Å². The summed E-state index contributed by atoms with van der Waals surface area (Å²) >= 11 is 2.08. The molecule has 0 spiro atoms. The van der Waals surface area contributed by atoms with Gasteiger partial charge in [0.2, 0.25) is 0 Å². The molecule has 1 heterocycles. The summed E-state index contributed by atoms with van der Waals surface area (Å²) in [6, 6.07) is 6.14. The molecule has 0 aliphatic carbocycles. The van der Waals surface area contributed by atoms with E-state index in [4.69, 9.17) is 10.5 Å². The second-order valence-corrected chi connectivity index (χ2v) is 6.64. The first kappa shape index (κ1) is 14.4. The minimum atomic E-state index is 0.151. The smallest absolute Gasteiger partial charge is 0.144 e. The summed E-state index contributed by atoms with van der Waals surface area (Å²) in [4.78, 5) is 2.44. The standard InChI is InChI=1S/C15H24N2OS/c1-4-13-10-17(7-8-19-13)12-5-6-14(16)15(9-12)18-11(2)3/h5-6,9,11,13H,4,7-8,10,16H2,1-3H3. The summed E-state index contributed by atoms with van der Waals surface area (Å²) in [5, 5.41) is 0.737. The van der Waals surface area contributed by atoms with Crippen LogP contribution in [0.5, 0.6) is 5.75 Å². The fraction of sp³-hybridized carbons (Fsp3) is 0.600. The van der Waals surface area contributed by atoms with Crippen LogP contribution in [0.4, 0.5) is 11.4 Å². The van der Waals surface area contributed by atoms with Crippen molar-refractivity contribution < 1.29 is 4.74 Å². The van der Waals surface area contributed by atoms with Crippen LogP contribution >= 0.6 is 11.8 Å². The summed E-state index contributed by atoms with van der Waals surface area (Å²) in [5.41, 5.74) is 7.92. The Hall–Kier alpha value is -1.03. The van der Waals surface area contributed by atoms with Gasteiger partial charge in [-0.25, -0.2) is 0 Å². The van der Waals surface area contributed by atoms with Gasteiger partial charge in [-0.3, -0.25) is 0 Å². The number of benzene rings is 1. The Morgan fingerprint density at radius 3 is 2.95 bits per heavy atom. The Labute approximate surface area is 120 Å². The average Bonchev–Trinajstić information content (AvgIpc) is 2.41. The van der Waals surface area contributed by atoms with E-state index in [9.17, 15) is 0 Å². The number of anilines is 2. The second-order valence-electron chi connectivity index (χ2n) is 5.24. The van der Waals surface area contributed by atoms with E-state index in [1.165, 1.54) is 17.9 Å². The minimum absolute atomic E-state index is 0.151. The molecule has 1 fully saturated rings. The lowest BCUT2D eigenvalue weighted by atomic mass is 10.2. The van der Waals surface area contributed by atoms with Gasteiger partial charge in [0.1, 0.15) is 5.75 Å². The van der Waals surface area contributed by atoms with Crippen LogP contribution in [-0.4, -0.2) is 30.2 Å². The van der Waals surface area contributed by atoms with Crippen LogP contribution in [0.3, 0.4) is 0 Å². The van der Waals surface area contributed by atoms with Crippen molar-refractivity contribution in [1.82, 2.24) is 0 Å². The van der Waals surface area contributed by atoms with Crippen molar-refractivity contribution in [1.29, 1.82) is 0 Å². The molecule has 19 heavy (non-hydrogen) atoms. The van der Waals surface area contributed by atoms with Gasteiger partial charge in [-0.15, -0.1) is 0 Å². The molecule has 2 rings (SSSR count). The van der Waals surface area contributed by atoms with Gasteiger partial charge < -0.3 is 15.4 Å². The van der Waals surface area contributed by atoms with Crippen LogP contribution in [0, 0.1) is 0 Å². The predicted octanol–water partition coefficient (Wildman–Crippen LogP) is 3.39. The van der Waals surface area contributed by atoms with E-state index in [-0.39, 0.29) is 6.10 Å². The highest BCUT2D eigenvalue weighted by atomic mass is 32.2. The van der Waals surface area contributed by atoms with E-state index >= 15 is 0 Å². The minimum Gasteiger partial charge on any atom is -0.489 e. The molecule has 1 unspecified atom stereocenters. The highest BCUT2D eigenvalue weighted by Crippen LogP contribution is 2.31. The van der Waals surface area contributed by atoms with E-state index in [1.807, 2.05) is 19.9 Å². The molecule has 0 aromatic heterocycles. The molecule has 0 amide bonds. The van der Waals surface area contributed by atoms with E-state index in [0.29, 0.717) is 0 Å². The molecule has 1 aromatic carbocycles. The molecule has 106 valence electrons. The fourth-order valence-electron chi connectivity index (χ4n) is 2.28. The van der Waals surface area contributed by atoms with Crippen molar-refractivity contribution in [3.8, 4) is 5.75 Å². The number of rotatable bonds is 4. The maximum atomic E-state index is 5.97. The Balaban J connectivity index is 2.15. The zero-order valence-electron chi connectivity index (χ0n) is 12.1. The van der Waals surface area contributed by atoms with Crippen molar-refractivity contribution >= 4 is 23.1 Å². The van der Waals surface area contributed by atoms with Crippen LogP contribution in [0.1, 0.15) is 27.2 Å². The zero-order chi connectivity index (χ0) is 13.8. The summed E-state index contributed by atoms with van der Waals surface area (Å²) in [6.07, 6.45) is 1.38. The number of hydrogen-bond acceptors (Lipinski definition) is 4. The van der Waals surface area contributed by atoms with Gasteiger partial charge in [-0.1, -0.05) is 6.92 Å². The summed E-state index contributed by atoms with van der Waals surface area (Å²) in [5.74, 6) is 2.00. The lowest BCUT2D eigenvalue weighted by Crippen LogP contribution is -2.37. The van der Waals surface area contributed by atoms with Crippen LogP contribution in [0.15, 0.2) is 18.2 Å². The van der Waals surface area contributed by atoms with Crippen LogP contribution in [0.2, 0.25) is 0 Å². The maximum absolute atomic E-state index is 5.97. The number of ether oxygens (including phenoxy) is 1. The first-order valence-electron chi connectivity index (χ1n) is 7.03. The average molecular weight is 280 g/mol. The van der Waals surface area contributed by atoms with Gasteiger partial charge in [0.15, 0.2) is 0 Å². The molecule has 0 bridgehead atoms. The number of thioether (sulfide) groups is 1. The third-order valence-electron chi connectivity index (χ3n) is 3.32. The Morgan fingerprint density at radius 1 is 1.47 bits per heavy atom. The molecule has 1 atom stereocenters. The van der Waals surface area contributed by atoms with Crippen molar-refractivity contribution in [2.24, 2.45) is 0 Å². The first-order chi connectivity index (χ1) is 9.10. The Bertz CT molecular complexity index is 423. The first-order valence-corrected chi connectivity index (χ1v) is 8.07. The van der Waals surface area contributed by atoms with E-state index in [1.54, 1.807) is 0 Å². The molecule has 0 radical (unpaired) electrons. The van der Waals surface area contributed by atoms with Gasteiger partial charge >= 0.3 is 0 Å².